The van der Waals surface area contributed by atoms with Crippen molar-refractivity contribution in [1.29, 1.82) is 0 Å². The number of esters is 3. The molecule has 0 rings (SSSR count). The third-order valence-corrected chi connectivity index (χ3v) is 15.8. The van der Waals surface area contributed by atoms with Crippen LogP contribution in [0.4, 0.5) is 0 Å². The molecule has 0 aromatic carbocycles. The predicted octanol–water partition coefficient (Wildman–Crippen LogP) is 24.3. The van der Waals surface area contributed by atoms with Gasteiger partial charge in [0.25, 0.3) is 0 Å². The fourth-order valence-electron chi connectivity index (χ4n) is 10.5. The van der Waals surface area contributed by atoms with Crippen LogP contribution in [0.1, 0.15) is 374 Å². The second-order valence-corrected chi connectivity index (χ2v) is 23.8. The number of carbonyl (C=O) groups excluding carboxylic acids is 3. The van der Waals surface area contributed by atoms with E-state index in [1.807, 2.05) is 0 Å². The Hall–Kier alpha value is -2.89. The van der Waals surface area contributed by atoms with E-state index >= 15 is 0 Å². The van der Waals surface area contributed by atoms with Crippen molar-refractivity contribution in [3.8, 4) is 0 Å². The third kappa shape index (κ3) is 65.9. The number of ether oxygens (including phenoxy) is 3. The van der Waals surface area contributed by atoms with E-state index in [0.717, 1.165) is 89.9 Å². The maximum absolute atomic E-state index is 12.9. The van der Waals surface area contributed by atoms with Crippen LogP contribution < -0.4 is 0 Å². The molecule has 0 aliphatic rings. The normalized spacial score (nSPS) is 12.4. The summed E-state index contributed by atoms with van der Waals surface area (Å²) in [6, 6.07) is 0. The van der Waals surface area contributed by atoms with Crippen LogP contribution in [-0.2, 0) is 28.6 Å². The molecule has 0 spiro atoms. The fraction of sp³-hybridized carbons (Fsp3) is 0.824. The molecular formula is C74H134O6. The summed E-state index contributed by atoms with van der Waals surface area (Å²) in [6.07, 6.45) is 88.8. The molecule has 0 aromatic heterocycles. The van der Waals surface area contributed by atoms with Crippen molar-refractivity contribution in [2.24, 2.45) is 0 Å². The van der Waals surface area contributed by atoms with Gasteiger partial charge in [0.2, 0.25) is 0 Å². The zero-order chi connectivity index (χ0) is 57.8. The SMILES string of the molecule is CC/C=C\C/C=C\C/C=C\C/C=C\CCCCCCCCCCC(=O)OC(COC(=O)CCCCCCCC)COC(=O)CCCCCCCCCCCCCCCCCCCCCCCCC/C=C\CCCCCCCCCC. The van der Waals surface area contributed by atoms with Gasteiger partial charge in [0, 0.05) is 19.3 Å². The Morgan fingerprint density at radius 2 is 0.487 bits per heavy atom. The van der Waals surface area contributed by atoms with E-state index < -0.39 is 6.10 Å². The molecule has 0 N–H and O–H groups in total. The summed E-state index contributed by atoms with van der Waals surface area (Å²) >= 11 is 0. The number of allylic oxidation sites excluding steroid dienone is 10. The van der Waals surface area contributed by atoms with Gasteiger partial charge in [0.1, 0.15) is 13.2 Å². The van der Waals surface area contributed by atoms with Gasteiger partial charge in [-0.3, -0.25) is 14.4 Å². The summed E-state index contributed by atoms with van der Waals surface area (Å²) in [5.41, 5.74) is 0. The van der Waals surface area contributed by atoms with Crippen molar-refractivity contribution >= 4 is 17.9 Å². The van der Waals surface area contributed by atoms with E-state index in [2.05, 4.69) is 81.5 Å². The second-order valence-electron chi connectivity index (χ2n) is 23.8. The highest BCUT2D eigenvalue weighted by molar-refractivity contribution is 5.71. The fourth-order valence-corrected chi connectivity index (χ4v) is 10.5. The molecule has 0 heterocycles. The minimum absolute atomic E-state index is 0.0737. The van der Waals surface area contributed by atoms with Crippen LogP contribution in [-0.4, -0.2) is 37.2 Å². The Balaban J connectivity index is 3.93. The van der Waals surface area contributed by atoms with Crippen molar-refractivity contribution in [3.05, 3.63) is 60.8 Å². The van der Waals surface area contributed by atoms with Gasteiger partial charge in [0.05, 0.1) is 0 Å². The topological polar surface area (TPSA) is 78.9 Å². The Kier molecular flexibility index (Phi) is 66.1. The molecule has 0 saturated carbocycles. The molecule has 6 heteroatoms. The first-order chi connectivity index (χ1) is 39.5. The lowest BCUT2D eigenvalue weighted by Gasteiger charge is -2.18. The zero-order valence-electron chi connectivity index (χ0n) is 53.6. The average Bonchev–Trinajstić information content (AvgIpc) is 3.46. The molecule has 0 aromatic rings. The van der Waals surface area contributed by atoms with Crippen LogP contribution in [0.3, 0.4) is 0 Å². The Morgan fingerprint density at radius 3 is 0.775 bits per heavy atom. The van der Waals surface area contributed by atoms with Gasteiger partial charge >= 0.3 is 17.9 Å². The molecule has 0 saturated heterocycles. The maximum atomic E-state index is 12.9. The number of hydrogen-bond acceptors (Lipinski definition) is 6. The minimum Gasteiger partial charge on any atom is -0.462 e. The van der Waals surface area contributed by atoms with E-state index in [1.54, 1.807) is 0 Å². The number of hydrogen-bond donors (Lipinski definition) is 0. The summed E-state index contributed by atoms with van der Waals surface area (Å²) in [5, 5.41) is 0. The number of unbranched alkanes of at least 4 members (excludes halogenated alkanes) is 44. The lowest BCUT2D eigenvalue weighted by atomic mass is 10.0. The molecule has 1 atom stereocenters. The Bertz CT molecular complexity index is 1430. The van der Waals surface area contributed by atoms with Crippen molar-refractivity contribution in [3.63, 3.8) is 0 Å². The molecule has 6 nitrogen and oxygen atoms in total. The van der Waals surface area contributed by atoms with Crippen LogP contribution in [0.2, 0.25) is 0 Å². The third-order valence-electron chi connectivity index (χ3n) is 15.8. The summed E-state index contributed by atoms with van der Waals surface area (Å²) in [7, 11) is 0. The Morgan fingerprint density at radius 1 is 0.263 bits per heavy atom. The summed E-state index contributed by atoms with van der Waals surface area (Å²) in [5.74, 6) is -0.873. The predicted molar refractivity (Wildman–Crippen MR) is 348 cm³/mol. The number of rotatable bonds is 65. The van der Waals surface area contributed by atoms with Crippen molar-refractivity contribution in [1.82, 2.24) is 0 Å². The first kappa shape index (κ1) is 77.1. The molecule has 0 amide bonds. The second kappa shape index (κ2) is 68.6. The quantitative estimate of drug-likeness (QED) is 0.0261. The zero-order valence-corrected chi connectivity index (χ0v) is 53.6. The van der Waals surface area contributed by atoms with Gasteiger partial charge in [-0.15, -0.1) is 0 Å². The number of carbonyl (C=O) groups is 3. The maximum Gasteiger partial charge on any atom is 0.306 e. The average molecular weight is 1120 g/mol. The van der Waals surface area contributed by atoms with Gasteiger partial charge in [-0.2, -0.15) is 0 Å². The lowest BCUT2D eigenvalue weighted by Crippen LogP contribution is -2.30. The van der Waals surface area contributed by atoms with Gasteiger partial charge < -0.3 is 14.2 Å². The summed E-state index contributed by atoms with van der Waals surface area (Å²) < 4.78 is 16.8. The highest BCUT2D eigenvalue weighted by Crippen LogP contribution is 2.18. The van der Waals surface area contributed by atoms with E-state index in [-0.39, 0.29) is 31.1 Å². The standard InChI is InChI=1S/C74H134O6/c1-4-7-10-13-16-18-20-22-24-26-28-30-31-32-33-34-35-36-37-38-39-40-41-42-43-45-46-48-50-52-54-56-58-61-64-67-73(76)79-70-71(69-78-72(75)66-63-60-15-12-9-6-3)80-74(77)68-65-62-59-57-55-53-51-49-47-44-29-27-25-23-21-19-17-14-11-8-5-2/h8,11,17,19,23,25-26,28-29,44,71H,4-7,9-10,12-16,18,20-22,24,27,30-43,45-70H2,1-3H3/b11-8-,19-17-,25-23-,28-26-,44-29-. The molecular weight excluding hydrogens is 985 g/mol. The minimum atomic E-state index is -0.775. The van der Waals surface area contributed by atoms with Crippen LogP contribution in [0, 0.1) is 0 Å². The van der Waals surface area contributed by atoms with Crippen molar-refractivity contribution < 1.29 is 28.6 Å². The van der Waals surface area contributed by atoms with Crippen LogP contribution >= 0.6 is 0 Å². The Labute approximate surface area is 498 Å². The van der Waals surface area contributed by atoms with Gasteiger partial charge in [-0.05, 0) is 83.5 Å². The summed E-state index contributed by atoms with van der Waals surface area (Å²) in [6.45, 7) is 6.51. The van der Waals surface area contributed by atoms with Crippen LogP contribution in [0.5, 0.6) is 0 Å². The van der Waals surface area contributed by atoms with Crippen molar-refractivity contribution in [2.45, 2.75) is 380 Å². The van der Waals surface area contributed by atoms with Crippen LogP contribution in [0.15, 0.2) is 60.8 Å². The van der Waals surface area contributed by atoms with Gasteiger partial charge in [-0.25, -0.2) is 0 Å². The lowest BCUT2D eigenvalue weighted by molar-refractivity contribution is -0.167. The molecule has 0 radical (unpaired) electrons. The molecule has 1 unspecified atom stereocenters. The van der Waals surface area contributed by atoms with E-state index in [0.29, 0.717) is 19.3 Å². The van der Waals surface area contributed by atoms with E-state index in [9.17, 15) is 14.4 Å². The molecule has 0 fully saturated rings. The molecule has 0 aliphatic carbocycles. The van der Waals surface area contributed by atoms with Crippen molar-refractivity contribution in [2.75, 3.05) is 13.2 Å². The van der Waals surface area contributed by atoms with Gasteiger partial charge in [0.15, 0.2) is 6.10 Å². The smallest absolute Gasteiger partial charge is 0.306 e. The molecule has 0 aliphatic heterocycles. The monoisotopic (exact) mass is 1120 g/mol. The first-order valence-electron chi connectivity index (χ1n) is 35.3. The van der Waals surface area contributed by atoms with Gasteiger partial charge in [-0.1, -0.05) is 332 Å². The van der Waals surface area contributed by atoms with E-state index in [4.69, 9.17) is 14.2 Å². The highest BCUT2D eigenvalue weighted by Gasteiger charge is 2.19. The molecule has 466 valence electrons. The molecule has 80 heavy (non-hydrogen) atoms. The van der Waals surface area contributed by atoms with Crippen LogP contribution in [0.25, 0.3) is 0 Å². The van der Waals surface area contributed by atoms with E-state index in [1.165, 1.54) is 244 Å². The molecule has 0 bridgehead atoms. The summed E-state index contributed by atoms with van der Waals surface area (Å²) in [4.78, 5) is 38.1. The first-order valence-corrected chi connectivity index (χ1v) is 35.3. The highest BCUT2D eigenvalue weighted by atomic mass is 16.6. The largest absolute Gasteiger partial charge is 0.462 e.